The van der Waals surface area contributed by atoms with Crippen LogP contribution in [0.1, 0.15) is 51.2 Å². The maximum absolute atomic E-state index is 11.0. The van der Waals surface area contributed by atoms with Gasteiger partial charge in [0.25, 0.3) is 0 Å². The first-order chi connectivity index (χ1) is 7.45. The molecule has 1 nitrogen and oxygen atoms in total. The van der Waals surface area contributed by atoms with E-state index in [9.17, 15) is 5.11 Å². The quantitative estimate of drug-likeness (QED) is 0.659. The van der Waals surface area contributed by atoms with E-state index in [1.807, 2.05) is 6.07 Å². The molecule has 1 unspecified atom stereocenters. The van der Waals surface area contributed by atoms with Crippen molar-refractivity contribution in [3.05, 3.63) is 35.4 Å². The van der Waals surface area contributed by atoms with Gasteiger partial charge in [0.05, 0.1) is 5.60 Å². The molecule has 0 amide bonds. The monoisotopic (exact) mass is 218 g/mol. The Balaban J connectivity index is 2.55. The lowest BCUT2D eigenvalue weighted by atomic mass is 9.69. The van der Waals surface area contributed by atoms with Crippen LogP contribution in [0.3, 0.4) is 0 Å². The molecule has 16 heavy (non-hydrogen) atoms. The lowest BCUT2D eigenvalue weighted by molar-refractivity contribution is -0.0715. The third-order valence-electron chi connectivity index (χ3n) is 3.94. The molecule has 0 bridgehead atoms. The van der Waals surface area contributed by atoms with Crippen molar-refractivity contribution in [2.24, 2.45) is 5.41 Å². The Hall–Kier alpha value is -0.820. The standard InChI is InChI=1S/C15H22O/c1-14(2,3)15(16)11-7-6-9-12-8-4-5-10-13(12)15/h4-5,8,10,16H,6-7,9,11H2,1-3H3. The molecule has 1 atom stereocenters. The molecule has 0 spiro atoms. The number of aryl methyl sites for hydroxylation is 1. The van der Waals surface area contributed by atoms with E-state index in [0.29, 0.717) is 0 Å². The molecule has 1 N–H and O–H groups in total. The van der Waals surface area contributed by atoms with Crippen molar-refractivity contribution in [3.8, 4) is 0 Å². The van der Waals surface area contributed by atoms with Crippen LogP contribution in [0.2, 0.25) is 0 Å². The molecular formula is C15H22O. The Morgan fingerprint density at radius 3 is 2.50 bits per heavy atom. The second-order valence-corrected chi connectivity index (χ2v) is 5.97. The highest BCUT2D eigenvalue weighted by Gasteiger charge is 2.42. The zero-order valence-electron chi connectivity index (χ0n) is 10.6. The molecule has 1 aromatic carbocycles. The van der Waals surface area contributed by atoms with E-state index >= 15 is 0 Å². The van der Waals surface area contributed by atoms with Crippen LogP contribution >= 0.6 is 0 Å². The van der Waals surface area contributed by atoms with Gasteiger partial charge in [-0.05, 0) is 42.2 Å². The van der Waals surface area contributed by atoms with Crippen LogP contribution in [-0.2, 0) is 12.0 Å². The van der Waals surface area contributed by atoms with Crippen LogP contribution in [0.25, 0.3) is 0 Å². The normalized spacial score (nSPS) is 26.0. The van der Waals surface area contributed by atoms with Gasteiger partial charge >= 0.3 is 0 Å². The molecule has 0 radical (unpaired) electrons. The van der Waals surface area contributed by atoms with Gasteiger partial charge < -0.3 is 5.11 Å². The van der Waals surface area contributed by atoms with Crippen LogP contribution in [0.15, 0.2) is 24.3 Å². The number of aliphatic hydroxyl groups is 1. The number of benzene rings is 1. The summed E-state index contributed by atoms with van der Waals surface area (Å²) in [6.07, 6.45) is 4.29. The van der Waals surface area contributed by atoms with Crippen molar-refractivity contribution in [3.63, 3.8) is 0 Å². The van der Waals surface area contributed by atoms with E-state index in [0.717, 1.165) is 24.8 Å². The summed E-state index contributed by atoms with van der Waals surface area (Å²) in [6.45, 7) is 6.40. The molecule has 1 aliphatic rings. The average Bonchev–Trinajstić information content (AvgIpc) is 2.39. The molecule has 0 aromatic heterocycles. The van der Waals surface area contributed by atoms with E-state index in [2.05, 4.69) is 39.0 Å². The van der Waals surface area contributed by atoms with E-state index in [1.54, 1.807) is 0 Å². The molecule has 0 fully saturated rings. The summed E-state index contributed by atoms with van der Waals surface area (Å²) in [4.78, 5) is 0. The second-order valence-electron chi connectivity index (χ2n) is 5.97. The SMILES string of the molecule is CC(C)(C)C1(O)CCCCc2ccccc21. The average molecular weight is 218 g/mol. The smallest absolute Gasteiger partial charge is 0.0947 e. The highest BCUT2D eigenvalue weighted by Crippen LogP contribution is 2.46. The Kier molecular flexibility index (Phi) is 2.83. The van der Waals surface area contributed by atoms with Gasteiger partial charge in [-0.3, -0.25) is 0 Å². The Labute approximate surface area is 98.5 Å². The van der Waals surface area contributed by atoms with E-state index in [4.69, 9.17) is 0 Å². The molecule has 0 heterocycles. The fourth-order valence-corrected chi connectivity index (χ4v) is 2.75. The number of hydrogen-bond acceptors (Lipinski definition) is 1. The van der Waals surface area contributed by atoms with Crippen molar-refractivity contribution in [2.45, 2.75) is 52.1 Å². The van der Waals surface area contributed by atoms with Crippen molar-refractivity contribution in [2.75, 3.05) is 0 Å². The summed E-state index contributed by atoms with van der Waals surface area (Å²) in [5.41, 5.74) is 1.71. The predicted molar refractivity (Wildman–Crippen MR) is 67.3 cm³/mol. The van der Waals surface area contributed by atoms with Gasteiger partial charge in [-0.1, -0.05) is 45.0 Å². The van der Waals surface area contributed by atoms with Crippen LogP contribution in [0, 0.1) is 5.41 Å². The van der Waals surface area contributed by atoms with Crippen LogP contribution in [-0.4, -0.2) is 5.11 Å². The third-order valence-corrected chi connectivity index (χ3v) is 3.94. The van der Waals surface area contributed by atoms with Crippen molar-refractivity contribution >= 4 is 0 Å². The molecule has 0 saturated carbocycles. The fourth-order valence-electron chi connectivity index (χ4n) is 2.75. The maximum Gasteiger partial charge on any atom is 0.0947 e. The molecule has 0 saturated heterocycles. The van der Waals surface area contributed by atoms with Crippen molar-refractivity contribution in [1.29, 1.82) is 0 Å². The Bertz CT molecular complexity index is 375. The fraction of sp³-hybridized carbons (Fsp3) is 0.600. The topological polar surface area (TPSA) is 20.2 Å². The predicted octanol–water partition coefficient (Wildman–Crippen LogP) is 3.65. The molecular weight excluding hydrogens is 196 g/mol. The molecule has 0 aliphatic heterocycles. The van der Waals surface area contributed by atoms with Gasteiger partial charge in [-0.25, -0.2) is 0 Å². The van der Waals surface area contributed by atoms with E-state index in [1.165, 1.54) is 12.0 Å². The molecule has 88 valence electrons. The number of hydrogen-bond donors (Lipinski definition) is 1. The van der Waals surface area contributed by atoms with E-state index < -0.39 is 5.60 Å². The summed E-state index contributed by atoms with van der Waals surface area (Å²) in [5, 5.41) is 11.0. The number of rotatable bonds is 0. The Morgan fingerprint density at radius 1 is 1.12 bits per heavy atom. The summed E-state index contributed by atoms with van der Waals surface area (Å²) >= 11 is 0. The van der Waals surface area contributed by atoms with Gasteiger partial charge in [0.15, 0.2) is 0 Å². The highest BCUT2D eigenvalue weighted by atomic mass is 16.3. The van der Waals surface area contributed by atoms with Gasteiger partial charge in [-0.15, -0.1) is 0 Å². The largest absolute Gasteiger partial charge is 0.385 e. The Morgan fingerprint density at radius 2 is 1.81 bits per heavy atom. The molecule has 1 aliphatic carbocycles. The van der Waals surface area contributed by atoms with Gasteiger partial charge in [0.1, 0.15) is 0 Å². The van der Waals surface area contributed by atoms with Crippen molar-refractivity contribution < 1.29 is 5.11 Å². The van der Waals surface area contributed by atoms with E-state index in [-0.39, 0.29) is 5.41 Å². The summed E-state index contributed by atoms with van der Waals surface area (Å²) in [5.74, 6) is 0. The summed E-state index contributed by atoms with van der Waals surface area (Å²) in [6, 6.07) is 8.39. The third kappa shape index (κ3) is 1.78. The first kappa shape index (κ1) is 11.7. The first-order valence-corrected chi connectivity index (χ1v) is 6.26. The second kappa shape index (κ2) is 3.89. The van der Waals surface area contributed by atoms with Crippen LogP contribution in [0.4, 0.5) is 0 Å². The summed E-state index contributed by atoms with van der Waals surface area (Å²) in [7, 11) is 0. The highest BCUT2D eigenvalue weighted by molar-refractivity contribution is 5.35. The molecule has 1 aromatic rings. The van der Waals surface area contributed by atoms with Crippen molar-refractivity contribution in [1.82, 2.24) is 0 Å². The van der Waals surface area contributed by atoms with Gasteiger partial charge in [0, 0.05) is 0 Å². The summed E-state index contributed by atoms with van der Waals surface area (Å²) < 4.78 is 0. The lowest BCUT2D eigenvalue weighted by Gasteiger charge is -2.41. The number of fused-ring (bicyclic) bond motifs is 1. The van der Waals surface area contributed by atoms with Crippen LogP contribution < -0.4 is 0 Å². The molecule has 1 heteroatoms. The lowest BCUT2D eigenvalue weighted by Crippen LogP contribution is -2.40. The maximum atomic E-state index is 11.0. The molecule has 2 rings (SSSR count). The van der Waals surface area contributed by atoms with Crippen LogP contribution in [0.5, 0.6) is 0 Å². The minimum atomic E-state index is -0.667. The first-order valence-electron chi connectivity index (χ1n) is 6.26. The minimum absolute atomic E-state index is 0.104. The minimum Gasteiger partial charge on any atom is -0.385 e. The zero-order valence-corrected chi connectivity index (χ0v) is 10.6. The van der Waals surface area contributed by atoms with Gasteiger partial charge in [-0.2, -0.15) is 0 Å². The van der Waals surface area contributed by atoms with Gasteiger partial charge in [0.2, 0.25) is 0 Å². The zero-order chi connectivity index (χ0) is 11.8.